The lowest BCUT2D eigenvalue weighted by Crippen LogP contribution is -2.37. The highest BCUT2D eigenvalue weighted by Gasteiger charge is 2.18. The van der Waals surface area contributed by atoms with Crippen molar-refractivity contribution in [3.8, 4) is 0 Å². The van der Waals surface area contributed by atoms with Crippen LogP contribution in [-0.2, 0) is 11.2 Å². The molecule has 0 aliphatic rings. The lowest BCUT2D eigenvalue weighted by atomic mass is 10.1. The predicted molar refractivity (Wildman–Crippen MR) is 80.4 cm³/mol. The van der Waals surface area contributed by atoms with Crippen molar-refractivity contribution >= 4 is 17.5 Å². The highest BCUT2D eigenvalue weighted by atomic mass is 16.2. The number of carbonyl (C=O) groups is 1. The molecule has 1 aromatic rings. The zero-order valence-electron chi connectivity index (χ0n) is 12.7. The van der Waals surface area contributed by atoms with Crippen LogP contribution < -0.4 is 16.2 Å². The number of hydrazine groups is 1. The number of nitrogens with one attached hydrogen (secondary N) is 1. The van der Waals surface area contributed by atoms with E-state index in [4.69, 9.17) is 5.84 Å². The van der Waals surface area contributed by atoms with Crippen LogP contribution in [0.1, 0.15) is 25.8 Å². The molecule has 0 aliphatic carbocycles. The lowest BCUT2D eigenvalue weighted by molar-refractivity contribution is -0.127. The fourth-order valence-corrected chi connectivity index (χ4v) is 1.92. The van der Waals surface area contributed by atoms with E-state index in [1.54, 1.807) is 19.0 Å². The second kappa shape index (κ2) is 7.64. The summed E-state index contributed by atoms with van der Waals surface area (Å²) < 4.78 is 0. The third kappa shape index (κ3) is 3.80. The van der Waals surface area contributed by atoms with Crippen LogP contribution in [0.5, 0.6) is 0 Å². The minimum absolute atomic E-state index is 0.0372. The van der Waals surface area contributed by atoms with Gasteiger partial charge in [-0.25, -0.2) is 15.8 Å². The molecule has 1 amide bonds. The predicted octanol–water partition coefficient (Wildman–Crippen LogP) is 0.629. The van der Waals surface area contributed by atoms with Gasteiger partial charge in [0.15, 0.2) is 0 Å². The molecule has 20 heavy (non-hydrogen) atoms. The van der Waals surface area contributed by atoms with E-state index in [0.29, 0.717) is 18.9 Å². The van der Waals surface area contributed by atoms with E-state index in [1.165, 1.54) is 6.33 Å². The number of hydrogen-bond donors (Lipinski definition) is 2. The minimum Gasteiger partial charge on any atom is -0.347 e. The molecule has 1 aromatic heterocycles. The largest absolute Gasteiger partial charge is 0.347 e. The van der Waals surface area contributed by atoms with Gasteiger partial charge in [0.05, 0.1) is 6.54 Å². The fourth-order valence-electron chi connectivity index (χ4n) is 1.92. The normalized spacial score (nSPS) is 10.2. The van der Waals surface area contributed by atoms with Gasteiger partial charge in [0.1, 0.15) is 18.0 Å². The molecular weight excluding hydrogens is 256 g/mol. The van der Waals surface area contributed by atoms with Gasteiger partial charge in [-0.2, -0.15) is 0 Å². The lowest BCUT2D eigenvalue weighted by Gasteiger charge is -2.25. The standard InChI is InChI=1S/C13H24N6O/c1-5-7-10-12(17-14)15-9-16-13(10)19(6-2)8-11(20)18(3)4/h9H,5-8,14H2,1-4H3,(H,15,16,17). The van der Waals surface area contributed by atoms with Crippen molar-refractivity contribution in [1.29, 1.82) is 0 Å². The molecular formula is C13H24N6O. The summed E-state index contributed by atoms with van der Waals surface area (Å²) in [4.78, 5) is 23.9. The van der Waals surface area contributed by atoms with E-state index in [0.717, 1.165) is 24.2 Å². The Hall–Kier alpha value is -1.89. The average Bonchev–Trinajstić information content (AvgIpc) is 2.45. The molecule has 0 saturated carbocycles. The quantitative estimate of drug-likeness (QED) is 0.562. The van der Waals surface area contributed by atoms with E-state index in [2.05, 4.69) is 22.3 Å². The molecule has 0 spiro atoms. The van der Waals surface area contributed by atoms with Crippen LogP contribution in [0.3, 0.4) is 0 Å². The van der Waals surface area contributed by atoms with Crippen molar-refractivity contribution in [3.05, 3.63) is 11.9 Å². The zero-order valence-corrected chi connectivity index (χ0v) is 12.7. The Balaban J connectivity index is 3.10. The molecule has 0 fully saturated rings. The van der Waals surface area contributed by atoms with Crippen LogP contribution in [0.25, 0.3) is 0 Å². The van der Waals surface area contributed by atoms with Crippen molar-refractivity contribution in [2.24, 2.45) is 5.84 Å². The molecule has 0 aromatic carbocycles. The SMILES string of the molecule is CCCc1c(NN)ncnc1N(CC)CC(=O)N(C)C. The van der Waals surface area contributed by atoms with Gasteiger partial charge in [-0.05, 0) is 13.3 Å². The molecule has 0 saturated heterocycles. The van der Waals surface area contributed by atoms with Crippen molar-refractivity contribution in [2.75, 3.05) is 37.5 Å². The van der Waals surface area contributed by atoms with Crippen molar-refractivity contribution in [3.63, 3.8) is 0 Å². The van der Waals surface area contributed by atoms with Crippen LogP contribution in [0.4, 0.5) is 11.6 Å². The molecule has 3 N–H and O–H groups in total. The third-order valence-electron chi connectivity index (χ3n) is 3.07. The number of nitrogens with two attached hydrogens (primary N) is 1. The summed E-state index contributed by atoms with van der Waals surface area (Å²) in [6, 6.07) is 0. The molecule has 7 nitrogen and oxygen atoms in total. The van der Waals surface area contributed by atoms with Crippen molar-refractivity contribution in [1.82, 2.24) is 14.9 Å². The summed E-state index contributed by atoms with van der Waals surface area (Å²) in [6.45, 7) is 5.06. The molecule has 0 unspecified atom stereocenters. The summed E-state index contributed by atoms with van der Waals surface area (Å²) in [6.07, 6.45) is 3.23. The van der Waals surface area contributed by atoms with Gasteiger partial charge >= 0.3 is 0 Å². The summed E-state index contributed by atoms with van der Waals surface area (Å²) in [7, 11) is 3.49. The maximum Gasteiger partial charge on any atom is 0.241 e. The van der Waals surface area contributed by atoms with Gasteiger partial charge < -0.3 is 15.2 Å². The van der Waals surface area contributed by atoms with E-state index in [9.17, 15) is 4.79 Å². The highest BCUT2D eigenvalue weighted by molar-refractivity contribution is 5.81. The smallest absolute Gasteiger partial charge is 0.241 e. The molecule has 112 valence electrons. The summed E-state index contributed by atoms with van der Waals surface area (Å²) in [5, 5.41) is 0. The Bertz CT molecular complexity index is 448. The minimum atomic E-state index is 0.0372. The number of anilines is 2. The Morgan fingerprint density at radius 2 is 2.05 bits per heavy atom. The molecule has 0 atom stereocenters. The zero-order chi connectivity index (χ0) is 15.1. The number of carbonyl (C=O) groups excluding carboxylic acids is 1. The summed E-state index contributed by atoms with van der Waals surface area (Å²) in [5.41, 5.74) is 3.55. The monoisotopic (exact) mass is 280 g/mol. The number of hydrogen-bond acceptors (Lipinski definition) is 6. The first-order valence-corrected chi connectivity index (χ1v) is 6.80. The van der Waals surface area contributed by atoms with Crippen LogP contribution in [-0.4, -0.2) is 48.0 Å². The van der Waals surface area contributed by atoms with Crippen LogP contribution in [0.2, 0.25) is 0 Å². The van der Waals surface area contributed by atoms with Crippen LogP contribution in [0, 0.1) is 0 Å². The molecule has 0 aliphatic heterocycles. The van der Waals surface area contributed by atoms with Gasteiger partial charge in [0.25, 0.3) is 0 Å². The summed E-state index contributed by atoms with van der Waals surface area (Å²) in [5.74, 6) is 6.93. The van der Waals surface area contributed by atoms with Gasteiger partial charge in [0, 0.05) is 26.2 Å². The van der Waals surface area contributed by atoms with Gasteiger partial charge in [-0.3, -0.25) is 4.79 Å². The Morgan fingerprint density at radius 1 is 1.35 bits per heavy atom. The highest BCUT2D eigenvalue weighted by Crippen LogP contribution is 2.24. The fraction of sp³-hybridized carbons (Fsp3) is 0.615. The molecule has 1 rings (SSSR count). The third-order valence-corrected chi connectivity index (χ3v) is 3.07. The number of nitrogens with zero attached hydrogens (tertiary/aromatic N) is 4. The van der Waals surface area contributed by atoms with E-state index in [1.807, 2.05) is 11.8 Å². The first-order valence-electron chi connectivity index (χ1n) is 6.80. The van der Waals surface area contributed by atoms with E-state index >= 15 is 0 Å². The van der Waals surface area contributed by atoms with Gasteiger partial charge in [-0.15, -0.1) is 0 Å². The van der Waals surface area contributed by atoms with Crippen LogP contribution >= 0.6 is 0 Å². The number of nitrogen functional groups attached to an aromatic ring is 1. The number of rotatable bonds is 7. The average molecular weight is 280 g/mol. The molecule has 0 bridgehead atoms. The second-order valence-corrected chi connectivity index (χ2v) is 4.72. The Morgan fingerprint density at radius 3 is 2.55 bits per heavy atom. The Labute approximate surface area is 120 Å². The maximum atomic E-state index is 11.9. The molecule has 0 radical (unpaired) electrons. The van der Waals surface area contributed by atoms with Gasteiger partial charge in [0.2, 0.25) is 5.91 Å². The van der Waals surface area contributed by atoms with E-state index in [-0.39, 0.29) is 5.91 Å². The van der Waals surface area contributed by atoms with Crippen LogP contribution in [0.15, 0.2) is 6.33 Å². The van der Waals surface area contributed by atoms with Gasteiger partial charge in [-0.1, -0.05) is 13.3 Å². The summed E-state index contributed by atoms with van der Waals surface area (Å²) >= 11 is 0. The second-order valence-electron chi connectivity index (χ2n) is 4.72. The first kappa shape index (κ1) is 16.2. The number of amides is 1. The Kier molecular flexibility index (Phi) is 6.17. The molecule has 1 heterocycles. The van der Waals surface area contributed by atoms with Crippen molar-refractivity contribution < 1.29 is 4.79 Å². The maximum absolute atomic E-state index is 11.9. The van der Waals surface area contributed by atoms with Crippen molar-refractivity contribution in [2.45, 2.75) is 26.7 Å². The van der Waals surface area contributed by atoms with E-state index < -0.39 is 0 Å². The number of aromatic nitrogens is 2. The topological polar surface area (TPSA) is 87.4 Å². The number of likely N-dealkylation sites (N-methyl/N-ethyl adjacent to an activating group) is 2. The molecule has 7 heteroatoms. The first-order chi connectivity index (χ1) is 9.54.